The Bertz CT molecular complexity index is 745. The minimum Gasteiger partial charge on any atom is -0.323 e. The number of nitrogens with two attached hydrogens (primary N) is 1. The van der Waals surface area contributed by atoms with Gasteiger partial charge in [-0.05, 0) is 31.5 Å². The average molecular weight is 267 g/mol. The van der Waals surface area contributed by atoms with Crippen LogP contribution in [0.2, 0.25) is 0 Å². The Kier molecular flexibility index (Phi) is 3.20. The fraction of sp³-hybridized carbons (Fsp3) is 0.267. The summed E-state index contributed by atoms with van der Waals surface area (Å²) in [4.78, 5) is 4.55. The quantitative estimate of drug-likeness (QED) is 0.789. The monoisotopic (exact) mass is 267 g/mol. The van der Waals surface area contributed by atoms with Crippen LogP contribution in [0.15, 0.2) is 36.5 Å². The molecule has 0 radical (unpaired) electrons. The van der Waals surface area contributed by atoms with Gasteiger partial charge in [0.1, 0.15) is 0 Å². The van der Waals surface area contributed by atoms with E-state index >= 15 is 0 Å². The number of aryl methyl sites for hydroxylation is 1. The Morgan fingerprint density at radius 1 is 1.30 bits per heavy atom. The maximum atomic E-state index is 5.81. The van der Waals surface area contributed by atoms with Gasteiger partial charge >= 0.3 is 0 Å². The summed E-state index contributed by atoms with van der Waals surface area (Å²) >= 11 is 0. The van der Waals surface area contributed by atoms with Crippen LogP contribution in [0.3, 0.4) is 0 Å². The van der Waals surface area contributed by atoms with Crippen molar-refractivity contribution in [1.82, 2.24) is 20.0 Å². The van der Waals surface area contributed by atoms with Crippen LogP contribution in [0.5, 0.6) is 0 Å². The lowest BCUT2D eigenvalue weighted by atomic mass is 10.1. The molecule has 0 saturated heterocycles. The maximum Gasteiger partial charge on any atom is 0.0991 e. The summed E-state index contributed by atoms with van der Waals surface area (Å²) in [6, 6.07) is 10.1. The van der Waals surface area contributed by atoms with Crippen LogP contribution < -0.4 is 5.73 Å². The van der Waals surface area contributed by atoms with Gasteiger partial charge in [0.05, 0.1) is 24.0 Å². The summed E-state index contributed by atoms with van der Waals surface area (Å²) in [7, 11) is 0. The van der Waals surface area contributed by atoms with E-state index < -0.39 is 0 Å². The highest BCUT2D eigenvalue weighted by Crippen LogP contribution is 2.19. The van der Waals surface area contributed by atoms with Crippen molar-refractivity contribution < 1.29 is 0 Å². The second kappa shape index (κ2) is 5.02. The minimum absolute atomic E-state index is 0.0975. The molecular weight excluding hydrogens is 250 g/mol. The SMILES string of the molecule is Cc1cc(Cn2cc(C(C)N)nn2)c2ccccc2n1. The Morgan fingerprint density at radius 3 is 2.85 bits per heavy atom. The first-order valence-corrected chi connectivity index (χ1v) is 6.64. The first-order chi connectivity index (χ1) is 9.63. The molecule has 0 fully saturated rings. The molecule has 2 N–H and O–H groups in total. The van der Waals surface area contributed by atoms with E-state index in [1.165, 1.54) is 5.56 Å². The summed E-state index contributed by atoms with van der Waals surface area (Å²) in [6.07, 6.45) is 1.90. The van der Waals surface area contributed by atoms with Gasteiger partial charge in [0, 0.05) is 17.1 Å². The molecule has 2 aromatic heterocycles. The first kappa shape index (κ1) is 12.7. The summed E-state index contributed by atoms with van der Waals surface area (Å²) < 4.78 is 1.82. The Hall–Kier alpha value is -2.27. The highest BCUT2D eigenvalue weighted by Gasteiger charge is 2.08. The van der Waals surface area contributed by atoms with Crippen molar-refractivity contribution in [3.05, 3.63) is 53.5 Å². The van der Waals surface area contributed by atoms with Gasteiger partial charge in [0.15, 0.2) is 0 Å². The molecule has 5 nitrogen and oxygen atoms in total. The van der Waals surface area contributed by atoms with Gasteiger partial charge in [-0.15, -0.1) is 5.10 Å². The zero-order valence-corrected chi connectivity index (χ0v) is 11.6. The zero-order chi connectivity index (χ0) is 14.1. The average Bonchev–Trinajstić information content (AvgIpc) is 2.87. The number of hydrogen-bond donors (Lipinski definition) is 1. The molecule has 0 amide bonds. The smallest absolute Gasteiger partial charge is 0.0991 e. The van der Waals surface area contributed by atoms with Gasteiger partial charge in [0.2, 0.25) is 0 Å². The molecule has 0 spiro atoms. The second-order valence-corrected chi connectivity index (χ2v) is 5.07. The Balaban J connectivity index is 2.01. The van der Waals surface area contributed by atoms with E-state index in [9.17, 15) is 0 Å². The fourth-order valence-electron chi connectivity index (χ4n) is 2.30. The third-order valence-electron chi connectivity index (χ3n) is 3.29. The number of fused-ring (bicyclic) bond motifs is 1. The van der Waals surface area contributed by atoms with Crippen LogP contribution in [0, 0.1) is 6.92 Å². The van der Waals surface area contributed by atoms with Crippen molar-refractivity contribution in [2.75, 3.05) is 0 Å². The van der Waals surface area contributed by atoms with Crippen molar-refractivity contribution in [1.29, 1.82) is 0 Å². The van der Waals surface area contributed by atoms with Crippen LogP contribution >= 0.6 is 0 Å². The Morgan fingerprint density at radius 2 is 2.10 bits per heavy atom. The molecule has 102 valence electrons. The summed E-state index contributed by atoms with van der Waals surface area (Å²) in [5, 5.41) is 9.37. The highest BCUT2D eigenvalue weighted by molar-refractivity contribution is 5.82. The van der Waals surface area contributed by atoms with Gasteiger partial charge in [-0.1, -0.05) is 23.4 Å². The molecule has 0 saturated carbocycles. The van der Waals surface area contributed by atoms with E-state index in [0.29, 0.717) is 6.54 Å². The maximum absolute atomic E-state index is 5.81. The molecule has 0 aliphatic carbocycles. The lowest BCUT2D eigenvalue weighted by molar-refractivity contribution is 0.650. The first-order valence-electron chi connectivity index (χ1n) is 6.64. The van der Waals surface area contributed by atoms with Crippen molar-refractivity contribution >= 4 is 10.9 Å². The highest BCUT2D eigenvalue weighted by atomic mass is 15.4. The van der Waals surface area contributed by atoms with Gasteiger partial charge in [-0.25, -0.2) is 4.68 Å². The lowest BCUT2D eigenvalue weighted by Crippen LogP contribution is -2.05. The summed E-state index contributed by atoms with van der Waals surface area (Å²) in [5.74, 6) is 0. The van der Waals surface area contributed by atoms with Gasteiger partial charge in [-0.3, -0.25) is 4.98 Å². The predicted octanol–water partition coefficient (Wildman–Crippen LogP) is 2.20. The number of rotatable bonds is 3. The predicted molar refractivity (Wildman–Crippen MR) is 78.2 cm³/mol. The molecule has 0 aliphatic rings. The standard InChI is InChI=1S/C15H17N5/c1-10-7-12(13-5-3-4-6-14(13)17-10)8-20-9-15(11(2)16)18-19-20/h3-7,9,11H,8,16H2,1-2H3. The van der Waals surface area contributed by atoms with E-state index in [1.807, 2.05) is 42.9 Å². The molecule has 20 heavy (non-hydrogen) atoms. The second-order valence-electron chi connectivity index (χ2n) is 5.07. The lowest BCUT2D eigenvalue weighted by Gasteiger charge is -2.07. The molecular formula is C15H17N5. The van der Waals surface area contributed by atoms with Crippen molar-refractivity contribution in [3.63, 3.8) is 0 Å². The molecule has 5 heteroatoms. The summed E-state index contributed by atoms with van der Waals surface area (Å²) in [6.45, 7) is 4.58. The molecule has 0 aliphatic heterocycles. The van der Waals surface area contributed by atoms with Crippen molar-refractivity contribution in [3.8, 4) is 0 Å². The molecule has 2 heterocycles. The van der Waals surface area contributed by atoms with E-state index in [-0.39, 0.29) is 6.04 Å². The normalized spacial score (nSPS) is 12.8. The van der Waals surface area contributed by atoms with Crippen LogP contribution in [-0.4, -0.2) is 20.0 Å². The van der Waals surface area contributed by atoms with E-state index in [1.54, 1.807) is 0 Å². The molecule has 1 unspecified atom stereocenters. The van der Waals surface area contributed by atoms with Crippen molar-refractivity contribution in [2.45, 2.75) is 26.4 Å². The third-order valence-corrected chi connectivity index (χ3v) is 3.29. The molecule has 1 aromatic carbocycles. The molecule has 3 rings (SSSR count). The van der Waals surface area contributed by atoms with Crippen LogP contribution in [0.4, 0.5) is 0 Å². The molecule has 0 bridgehead atoms. The van der Waals surface area contributed by atoms with Gasteiger partial charge in [0.25, 0.3) is 0 Å². The van der Waals surface area contributed by atoms with Gasteiger partial charge in [-0.2, -0.15) is 0 Å². The van der Waals surface area contributed by atoms with Gasteiger partial charge < -0.3 is 5.73 Å². The largest absolute Gasteiger partial charge is 0.323 e. The van der Waals surface area contributed by atoms with Crippen LogP contribution in [-0.2, 0) is 6.54 Å². The van der Waals surface area contributed by atoms with Crippen LogP contribution in [0.25, 0.3) is 10.9 Å². The molecule has 1 atom stereocenters. The number of aromatic nitrogens is 4. The van der Waals surface area contributed by atoms with Crippen molar-refractivity contribution in [2.24, 2.45) is 5.73 Å². The minimum atomic E-state index is -0.0975. The van der Waals surface area contributed by atoms with E-state index in [4.69, 9.17) is 5.73 Å². The molecule has 3 aromatic rings. The zero-order valence-electron chi connectivity index (χ0n) is 11.6. The Labute approximate surface area is 117 Å². The topological polar surface area (TPSA) is 69.6 Å². The van der Waals surface area contributed by atoms with E-state index in [0.717, 1.165) is 22.3 Å². The summed E-state index contributed by atoms with van der Waals surface area (Å²) in [5.41, 5.74) is 9.82. The number of benzene rings is 1. The third kappa shape index (κ3) is 2.40. The number of nitrogens with zero attached hydrogens (tertiary/aromatic N) is 4. The number of pyridine rings is 1. The van der Waals surface area contributed by atoms with E-state index in [2.05, 4.69) is 27.4 Å². The number of para-hydroxylation sites is 1. The number of hydrogen-bond acceptors (Lipinski definition) is 4. The fourth-order valence-corrected chi connectivity index (χ4v) is 2.30. The van der Waals surface area contributed by atoms with Crippen LogP contribution in [0.1, 0.15) is 29.9 Å².